The summed E-state index contributed by atoms with van der Waals surface area (Å²) in [6, 6.07) is 13.8. The first-order valence-corrected chi connectivity index (χ1v) is 11.5. The van der Waals surface area contributed by atoms with Crippen molar-refractivity contribution in [1.29, 1.82) is 0 Å². The van der Waals surface area contributed by atoms with E-state index in [0.717, 1.165) is 11.8 Å². The summed E-state index contributed by atoms with van der Waals surface area (Å²) in [7, 11) is -1.83. The zero-order chi connectivity index (χ0) is 21.0. The maximum Gasteiger partial charge on any atom is 0.264 e. The number of sulfonamides is 1. The van der Waals surface area contributed by atoms with Gasteiger partial charge in [-0.25, -0.2) is 13.4 Å². The van der Waals surface area contributed by atoms with E-state index < -0.39 is 10.0 Å². The third-order valence-electron chi connectivity index (χ3n) is 3.94. The lowest BCUT2D eigenvalue weighted by molar-refractivity contribution is -0.118. The molecule has 0 saturated heterocycles. The molecule has 0 fully saturated rings. The molecule has 29 heavy (non-hydrogen) atoms. The van der Waals surface area contributed by atoms with Gasteiger partial charge in [0.05, 0.1) is 17.6 Å². The van der Waals surface area contributed by atoms with Crippen molar-refractivity contribution >= 4 is 49.7 Å². The Morgan fingerprint density at radius 3 is 2.62 bits per heavy atom. The molecule has 7 nitrogen and oxygen atoms in total. The Hall–Kier alpha value is -2.62. The Labute approximate surface area is 178 Å². The summed E-state index contributed by atoms with van der Waals surface area (Å²) in [5.41, 5.74) is 2.04. The topological polar surface area (TPSA) is 88.6 Å². The number of aromatic nitrogens is 1. The van der Waals surface area contributed by atoms with Gasteiger partial charge in [-0.2, -0.15) is 0 Å². The van der Waals surface area contributed by atoms with Crippen LogP contribution in [0.5, 0.6) is 5.75 Å². The van der Waals surface area contributed by atoms with Crippen LogP contribution in [-0.4, -0.2) is 39.2 Å². The Morgan fingerprint density at radius 2 is 1.97 bits per heavy atom. The maximum absolute atomic E-state index is 12.1. The molecule has 1 aromatic heterocycles. The third kappa shape index (κ3) is 5.69. The molecule has 3 aromatic rings. The number of thiazole rings is 1. The summed E-state index contributed by atoms with van der Waals surface area (Å²) in [5, 5.41) is 5.47. The van der Waals surface area contributed by atoms with Crippen molar-refractivity contribution in [2.75, 3.05) is 29.5 Å². The molecule has 0 spiro atoms. The summed E-state index contributed by atoms with van der Waals surface area (Å²) in [6.07, 6.45) is 1.15. The minimum atomic E-state index is -3.32. The van der Waals surface area contributed by atoms with Crippen LogP contribution in [0.15, 0.2) is 53.9 Å². The van der Waals surface area contributed by atoms with E-state index in [2.05, 4.69) is 10.3 Å². The van der Waals surface area contributed by atoms with Gasteiger partial charge in [-0.05, 0) is 30.3 Å². The molecule has 0 unspecified atom stereocenters. The first kappa shape index (κ1) is 21.1. The molecule has 0 aliphatic carbocycles. The number of anilines is 2. The molecule has 1 heterocycles. The van der Waals surface area contributed by atoms with Crippen LogP contribution in [0.25, 0.3) is 11.3 Å². The fourth-order valence-electron chi connectivity index (χ4n) is 2.36. The van der Waals surface area contributed by atoms with Crippen molar-refractivity contribution < 1.29 is 17.9 Å². The molecular weight excluding hydrogens is 434 g/mol. The van der Waals surface area contributed by atoms with Gasteiger partial charge in [-0.15, -0.1) is 11.3 Å². The van der Waals surface area contributed by atoms with Crippen LogP contribution in [0.1, 0.15) is 0 Å². The van der Waals surface area contributed by atoms with E-state index in [-0.39, 0.29) is 12.5 Å². The lowest BCUT2D eigenvalue weighted by Crippen LogP contribution is -2.24. The number of carbonyl (C=O) groups excluding carboxylic acids is 1. The normalized spacial score (nSPS) is 11.1. The van der Waals surface area contributed by atoms with Crippen LogP contribution < -0.4 is 14.4 Å². The highest BCUT2D eigenvalue weighted by atomic mass is 35.5. The summed E-state index contributed by atoms with van der Waals surface area (Å²) < 4.78 is 29.8. The van der Waals surface area contributed by atoms with Crippen LogP contribution in [0, 0.1) is 0 Å². The average Bonchev–Trinajstić information content (AvgIpc) is 3.14. The average molecular weight is 452 g/mol. The molecule has 0 aliphatic rings. The Bertz CT molecular complexity index is 1110. The van der Waals surface area contributed by atoms with E-state index in [0.29, 0.717) is 27.3 Å². The van der Waals surface area contributed by atoms with Crippen molar-refractivity contribution in [2.45, 2.75) is 0 Å². The zero-order valence-electron chi connectivity index (χ0n) is 15.6. The lowest BCUT2D eigenvalue weighted by atomic mass is 10.1. The molecule has 3 rings (SSSR count). The number of nitrogens with zero attached hydrogens (tertiary/aromatic N) is 2. The van der Waals surface area contributed by atoms with E-state index in [4.69, 9.17) is 16.3 Å². The van der Waals surface area contributed by atoms with Crippen LogP contribution >= 0.6 is 22.9 Å². The Balaban J connectivity index is 1.61. The number of halogens is 1. The largest absolute Gasteiger partial charge is 0.484 e. The molecule has 0 bridgehead atoms. The van der Waals surface area contributed by atoms with Gasteiger partial charge in [0.15, 0.2) is 11.7 Å². The number of hydrogen-bond acceptors (Lipinski definition) is 6. The van der Waals surface area contributed by atoms with Crippen molar-refractivity contribution in [2.24, 2.45) is 0 Å². The SMILES string of the molecule is CN(c1ccc(-c2csc(NC(=O)COc3cccc(Cl)c3)n2)cc1)S(C)(=O)=O. The van der Waals surface area contributed by atoms with Gasteiger partial charge >= 0.3 is 0 Å². The first-order chi connectivity index (χ1) is 13.7. The summed E-state index contributed by atoms with van der Waals surface area (Å²) in [5.74, 6) is 0.169. The van der Waals surface area contributed by atoms with Crippen LogP contribution in [0.3, 0.4) is 0 Å². The van der Waals surface area contributed by atoms with E-state index in [1.807, 2.05) is 5.38 Å². The number of amides is 1. The van der Waals surface area contributed by atoms with Gasteiger partial charge < -0.3 is 4.74 Å². The Kier molecular flexibility index (Phi) is 6.41. The number of rotatable bonds is 7. The summed E-state index contributed by atoms with van der Waals surface area (Å²) in [6.45, 7) is -0.165. The van der Waals surface area contributed by atoms with Crippen molar-refractivity contribution in [3.05, 3.63) is 58.9 Å². The smallest absolute Gasteiger partial charge is 0.264 e. The second-order valence-electron chi connectivity index (χ2n) is 6.11. The molecule has 0 aliphatic heterocycles. The fraction of sp³-hybridized carbons (Fsp3) is 0.158. The number of ether oxygens (including phenoxy) is 1. The molecular formula is C19H18ClN3O4S2. The second kappa shape index (κ2) is 8.81. The number of benzene rings is 2. The first-order valence-electron chi connectivity index (χ1n) is 8.40. The van der Waals surface area contributed by atoms with E-state index >= 15 is 0 Å². The fourth-order valence-corrected chi connectivity index (χ4v) is 3.78. The zero-order valence-corrected chi connectivity index (χ0v) is 18.0. The summed E-state index contributed by atoms with van der Waals surface area (Å²) >= 11 is 7.16. The molecule has 1 amide bonds. The van der Waals surface area contributed by atoms with Gasteiger partial charge in [0.1, 0.15) is 5.75 Å². The minimum absolute atomic E-state index is 0.165. The van der Waals surface area contributed by atoms with E-state index in [1.165, 1.54) is 22.7 Å². The van der Waals surface area contributed by atoms with Crippen molar-refractivity contribution in [1.82, 2.24) is 4.98 Å². The molecule has 0 atom stereocenters. The van der Waals surface area contributed by atoms with E-state index in [1.54, 1.807) is 48.5 Å². The third-order valence-corrected chi connectivity index (χ3v) is 6.14. The van der Waals surface area contributed by atoms with Gasteiger partial charge in [0.2, 0.25) is 10.0 Å². The second-order valence-corrected chi connectivity index (χ2v) is 9.42. The van der Waals surface area contributed by atoms with Gasteiger partial charge in [-0.1, -0.05) is 29.8 Å². The summed E-state index contributed by atoms with van der Waals surface area (Å²) in [4.78, 5) is 16.5. The molecule has 152 valence electrons. The van der Waals surface area contributed by atoms with Gasteiger partial charge in [0, 0.05) is 23.0 Å². The maximum atomic E-state index is 12.1. The Morgan fingerprint density at radius 1 is 1.24 bits per heavy atom. The lowest BCUT2D eigenvalue weighted by Gasteiger charge is -2.16. The quantitative estimate of drug-likeness (QED) is 0.589. The number of nitrogens with one attached hydrogen (secondary N) is 1. The van der Waals surface area contributed by atoms with Crippen LogP contribution in [0.2, 0.25) is 5.02 Å². The predicted octanol–water partition coefficient (Wildman–Crippen LogP) is 3.88. The monoisotopic (exact) mass is 451 g/mol. The molecule has 1 N–H and O–H groups in total. The van der Waals surface area contributed by atoms with Crippen LogP contribution in [-0.2, 0) is 14.8 Å². The van der Waals surface area contributed by atoms with Gasteiger partial charge in [0.25, 0.3) is 5.91 Å². The number of carbonyl (C=O) groups is 1. The number of hydrogen-bond donors (Lipinski definition) is 1. The molecule has 0 radical (unpaired) electrons. The molecule has 10 heteroatoms. The highest BCUT2D eigenvalue weighted by Crippen LogP contribution is 2.27. The predicted molar refractivity (Wildman–Crippen MR) is 116 cm³/mol. The van der Waals surface area contributed by atoms with Crippen molar-refractivity contribution in [3.8, 4) is 17.0 Å². The molecule has 2 aromatic carbocycles. The van der Waals surface area contributed by atoms with Crippen molar-refractivity contribution in [3.63, 3.8) is 0 Å². The standard InChI is InChI=1S/C19H18ClN3O4S2/c1-23(29(2,25)26)15-8-6-13(7-9-15)17-12-28-19(21-17)22-18(24)11-27-16-5-3-4-14(20)10-16/h3-10,12H,11H2,1-2H3,(H,21,22,24). The highest BCUT2D eigenvalue weighted by Gasteiger charge is 2.13. The minimum Gasteiger partial charge on any atom is -0.484 e. The highest BCUT2D eigenvalue weighted by molar-refractivity contribution is 7.92. The van der Waals surface area contributed by atoms with E-state index in [9.17, 15) is 13.2 Å². The molecule has 0 saturated carbocycles. The van der Waals surface area contributed by atoms with Gasteiger partial charge in [-0.3, -0.25) is 14.4 Å². The van der Waals surface area contributed by atoms with Crippen LogP contribution in [0.4, 0.5) is 10.8 Å².